The molecule has 0 radical (unpaired) electrons. The lowest BCUT2D eigenvalue weighted by atomic mass is 10.2. The molecule has 0 saturated heterocycles. The van der Waals surface area contributed by atoms with Crippen molar-refractivity contribution in [1.29, 1.82) is 0 Å². The lowest BCUT2D eigenvalue weighted by molar-refractivity contribution is 0.372. The van der Waals surface area contributed by atoms with Crippen LogP contribution in [0.25, 0.3) is 22.3 Å². The maximum absolute atomic E-state index is 12.7. The van der Waals surface area contributed by atoms with E-state index in [1.54, 1.807) is 36.8 Å². The molecule has 6 nitrogen and oxygen atoms in total. The molecule has 8 heteroatoms. The molecule has 26 heavy (non-hydrogen) atoms. The number of ether oxygens (including phenoxy) is 1. The fourth-order valence-corrected chi connectivity index (χ4v) is 3.99. The van der Waals surface area contributed by atoms with Gasteiger partial charge in [-0.1, -0.05) is 11.3 Å². The van der Waals surface area contributed by atoms with Crippen LogP contribution in [-0.4, -0.2) is 26.6 Å². The summed E-state index contributed by atoms with van der Waals surface area (Å²) in [6.45, 7) is 0. The first-order valence-corrected chi connectivity index (χ1v) is 9.18. The van der Waals surface area contributed by atoms with Crippen LogP contribution in [0.4, 0.5) is 0 Å². The number of imidazole rings is 1. The van der Waals surface area contributed by atoms with E-state index >= 15 is 0 Å². The summed E-state index contributed by atoms with van der Waals surface area (Å²) >= 11 is 4.59. The summed E-state index contributed by atoms with van der Waals surface area (Å²) < 4.78 is 7.72. The van der Waals surface area contributed by atoms with E-state index in [0.717, 1.165) is 11.1 Å². The van der Waals surface area contributed by atoms with Crippen molar-refractivity contribution in [2.75, 3.05) is 7.11 Å². The Morgan fingerprint density at radius 1 is 1.38 bits per heavy atom. The Morgan fingerprint density at radius 3 is 2.92 bits per heavy atom. The number of aromatic hydroxyl groups is 1. The molecule has 0 unspecified atom stereocenters. The second kappa shape index (κ2) is 6.54. The maximum atomic E-state index is 12.7. The number of pyridine rings is 1. The number of aromatic nitrogens is 3. The van der Waals surface area contributed by atoms with Gasteiger partial charge in [-0.3, -0.25) is 14.2 Å². The summed E-state index contributed by atoms with van der Waals surface area (Å²) in [7, 11) is 1.48. The van der Waals surface area contributed by atoms with Crippen molar-refractivity contribution in [2.24, 2.45) is 0 Å². The van der Waals surface area contributed by atoms with Crippen molar-refractivity contribution < 1.29 is 9.84 Å². The number of hydrogen-bond acceptors (Lipinski definition) is 6. The normalized spacial score (nSPS) is 12.0. The third-order valence-corrected chi connectivity index (χ3v) is 5.42. The lowest BCUT2D eigenvalue weighted by Gasteiger charge is -2.06. The van der Waals surface area contributed by atoms with E-state index in [4.69, 9.17) is 4.74 Å². The fraction of sp³-hybridized carbons (Fsp3) is 0.0556. The predicted octanol–water partition coefficient (Wildman–Crippen LogP) is 2.84. The SMILES string of the molecule is COc1cc(/C=c2\sc3nc(-c4cccnc4)cn3c2=O)cc(Br)c1O. The molecule has 0 bridgehead atoms. The first-order chi connectivity index (χ1) is 12.6. The Hall–Kier alpha value is -2.71. The summed E-state index contributed by atoms with van der Waals surface area (Å²) in [6.07, 6.45) is 6.87. The van der Waals surface area contributed by atoms with Gasteiger partial charge in [0.1, 0.15) is 0 Å². The van der Waals surface area contributed by atoms with E-state index in [9.17, 15) is 9.90 Å². The van der Waals surface area contributed by atoms with E-state index in [2.05, 4.69) is 25.9 Å². The Bertz CT molecular complexity index is 1220. The van der Waals surface area contributed by atoms with Gasteiger partial charge in [-0.2, -0.15) is 0 Å². The molecule has 1 N–H and O–H groups in total. The van der Waals surface area contributed by atoms with Crippen molar-refractivity contribution in [2.45, 2.75) is 0 Å². The number of rotatable bonds is 3. The van der Waals surface area contributed by atoms with Crippen molar-refractivity contribution in [1.82, 2.24) is 14.4 Å². The number of thiazole rings is 1. The summed E-state index contributed by atoms with van der Waals surface area (Å²) in [5.41, 5.74) is 2.17. The van der Waals surface area contributed by atoms with Crippen molar-refractivity contribution in [3.63, 3.8) is 0 Å². The fourth-order valence-electron chi connectivity index (χ4n) is 2.57. The molecule has 4 rings (SSSR count). The molecule has 0 atom stereocenters. The van der Waals surface area contributed by atoms with Gasteiger partial charge in [-0.15, -0.1) is 0 Å². The van der Waals surface area contributed by atoms with E-state index in [1.807, 2.05) is 12.1 Å². The average Bonchev–Trinajstić information content (AvgIpc) is 3.19. The zero-order chi connectivity index (χ0) is 18.3. The summed E-state index contributed by atoms with van der Waals surface area (Å²) in [5, 5.41) is 9.90. The number of phenols is 1. The Labute approximate surface area is 160 Å². The van der Waals surface area contributed by atoms with Gasteiger partial charge in [0.15, 0.2) is 16.5 Å². The van der Waals surface area contributed by atoms with E-state index in [0.29, 0.717) is 25.4 Å². The number of methoxy groups -OCH3 is 1. The minimum Gasteiger partial charge on any atom is -0.503 e. The topological polar surface area (TPSA) is 76.7 Å². The molecular weight excluding hydrogens is 418 g/mol. The average molecular weight is 430 g/mol. The largest absolute Gasteiger partial charge is 0.503 e. The smallest absolute Gasteiger partial charge is 0.274 e. The predicted molar refractivity (Wildman–Crippen MR) is 104 cm³/mol. The van der Waals surface area contributed by atoms with E-state index < -0.39 is 0 Å². The molecule has 0 aliphatic rings. The highest BCUT2D eigenvalue weighted by Gasteiger charge is 2.11. The van der Waals surface area contributed by atoms with Crippen LogP contribution in [0.2, 0.25) is 0 Å². The Kier molecular flexibility index (Phi) is 4.21. The molecule has 0 aliphatic carbocycles. The molecule has 0 spiro atoms. The van der Waals surface area contributed by atoms with Crippen LogP contribution in [0.5, 0.6) is 11.5 Å². The van der Waals surface area contributed by atoms with Gasteiger partial charge < -0.3 is 9.84 Å². The zero-order valence-corrected chi connectivity index (χ0v) is 15.9. The molecule has 0 saturated carbocycles. The second-order valence-corrected chi connectivity index (χ2v) is 7.35. The number of benzene rings is 1. The van der Waals surface area contributed by atoms with Crippen molar-refractivity contribution in [3.8, 4) is 22.8 Å². The summed E-state index contributed by atoms with van der Waals surface area (Å²) in [4.78, 5) is 21.9. The summed E-state index contributed by atoms with van der Waals surface area (Å²) in [5.74, 6) is 0.354. The van der Waals surface area contributed by atoms with Crippen LogP contribution in [0.1, 0.15) is 5.56 Å². The van der Waals surface area contributed by atoms with Crippen LogP contribution in [0, 0.1) is 0 Å². The van der Waals surface area contributed by atoms with Gasteiger partial charge >= 0.3 is 0 Å². The van der Waals surface area contributed by atoms with Crippen LogP contribution >= 0.6 is 27.3 Å². The number of phenolic OH excluding ortho intramolecular Hbond substituents is 1. The maximum Gasteiger partial charge on any atom is 0.274 e. The van der Waals surface area contributed by atoms with Gasteiger partial charge in [0.05, 0.1) is 21.8 Å². The van der Waals surface area contributed by atoms with Gasteiger partial charge in [0, 0.05) is 24.2 Å². The molecule has 130 valence electrons. The first kappa shape index (κ1) is 16.7. The summed E-state index contributed by atoms with van der Waals surface area (Å²) in [6, 6.07) is 7.12. The minimum atomic E-state index is -0.143. The first-order valence-electron chi connectivity index (χ1n) is 7.57. The number of hydrogen-bond donors (Lipinski definition) is 1. The zero-order valence-electron chi connectivity index (χ0n) is 13.5. The minimum absolute atomic E-state index is 0.0223. The number of halogens is 1. The standard InChI is InChI=1S/C18H12BrN3O3S/c1-25-14-6-10(5-12(19)16(14)23)7-15-17(24)22-9-13(21-18(22)26-15)11-3-2-4-20-8-11/h2-9,23H,1H3/b15-7-. The molecular formula is C18H12BrN3O3S. The highest BCUT2D eigenvalue weighted by molar-refractivity contribution is 9.10. The van der Waals surface area contributed by atoms with Crippen molar-refractivity contribution in [3.05, 3.63) is 67.8 Å². The van der Waals surface area contributed by atoms with Gasteiger partial charge in [0.2, 0.25) is 0 Å². The molecule has 1 aromatic carbocycles. The monoisotopic (exact) mass is 429 g/mol. The third-order valence-electron chi connectivity index (χ3n) is 3.83. The molecule has 0 fully saturated rings. The highest BCUT2D eigenvalue weighted by atomic mass is 79.9. The van der Waals surface area contributed by atoms with Gasteiger partial charge in [-0.05, 0) is 51.8 Å². The number of nitrogens with zero attached hydrogens (tertiary/aromatic N) is 3. The second-order valence-electron chi connectivity index (χ2n) is 5.49. The quantitative estimate of drug-likeness (QED) is 0.541. The molecule has 4 aromatic rings. The van der Waals surface area contributed by atoms with Crippen LogP contribution < -0.4 is 14.8 Å². The highest BCUT2D eigenvalue weighted by Crippen LogP contribution is 2.35. The Balaban J connectivity index is 1.82. The van der Waals surface area contributed by atoms with E-state index in [-0.39, 0.29) is 11.3 Å². The van der Waals surface area contributed by atoms with Crippen molar-refractivity contribution >= 4 is 38.3 Å². The number of fused-ring (bicyclic) bond motifs is 1. The van der Waals surface area contributed by atoms with Gasteiger partial charge in [-0.25, -0.2) is 4.98 Å². The molecule has 0 aliphatic heterocycles. The molecule has 3 heterocycles. The lowest BCUT2D eigenvalue weighted by Crippen LogP contribution is -2.22. The van der Waals surface area contributed by atoms with E-state index in [1.165, 1.54) is 22.8 Å². The van der Waals surface area contributed by atoms with Gasteiger partial charge in [0.25, 0.3) is 5.56 Å². The van der Waals surface area contributed by atoms with Crippen LogP contribution in [-0.2, 0) is 0 Å². The van der Waals surface area contributed by atoms with Crippen LogP contribution in [0.3, 0.4) is 0 Å². The van der Waals surface area contributed by atoms with Crippen LogP contribution in [0.15, 0.2) is 52.1 Å². The molecule has 3 aromatic heterocycles. The third kappa shape index (κ3) is 2.87. The molecule has 0 amide bonds. The Morgan fingerprint density at radius 2 is 2.23 bits per heavy atom.